The van der Waals surface area contributed by atoms with Crippen LogP contribution >= 0.6 is 11.6 Å². The van der Waals surface area contributed by atoms with Gasteiger partial charge in [-0.3, -0.25) is 5.10 Å². The van der Waals surface area contributed by atoms with Gasteiger partial charge >= 0.3 is 0 Å². The molecule has 108 valence electrons. The first-order chi connectivity index (χ1) is 10.2. The molecule has 4 nitrogen and oxygen atoms in total. The van der Waals surface area contributed by atoms with E-state index >= 15 is 0 Å². The lowest BCUT2D eigenvalue weighted by molar-refractivity contribution is 0.390. The zero-order valence-electron chi connectivity index (χ0n) is 11.6. The number of hydrogen-bond acceptors (Lipinski definition) is 3. The molecule has 21 heavy (non-hydrogen) atoms. The Morgan fingerprint density at radius 2 is 2.05 bits per heavy atom. The van der Waals surface area contributed by atoms with E-state index in [0.717, 1.165) is 42.6 Å². The molecular formula is C16H17ClN4. The maximum atomic E-state index is 8.99. The van der Waals surface area contributed by atoms with Crippen molar-refractivity contribution in [3.05, 3.63) is 40.5 Å². The average molecular weight is 301 g/mol. The van der Waals surface area contributed by atoms with Crippen molar-refractivity contribution in [1.82, 2.24) is 10.2 Å². The normalized spacial score (nSPS) is 22.0. The van der Waals surface area contributed by atoms with Gasteiger partial charge in [-0.25, -0.2) is 0 Å². The average Bonchev–Trinajstić information content (AvgIpc) is 2.90. The minimum atomic E-state index is 0.315. The molecule has 0 atom stereocenters. The van der Waals surface area contributed by atoms with E-state index in [2.05, 4.69) is 16.3 Å². The molecule has 1 heterocycles. The first kappa shape index (κ1) is 14.1. The van der Waals surface area contributed by atoms with Gasteiger partial charge in [-0.05, 0) is 37.8 Å². The highest BCUT2D eigenvalue weighted by molar-refractivity contribution is 6.33. The molecule has 0 bridgehead atoms. The van der Waals surface area contributed by atoms with E-state index in [1.165, 1.54) is 0 Å². The number of nitrogens with one attached hydrogen (secondary N) is 1. The van der Waals surface area contributed by atoms with Gasteiger partial charge in [0.15, 0.2) is 0 Å². The van der Waals surface area contributed by atoms with Gasteiger partial charge in [-0.1, -0.05) is 23.7 Å². The van der Waals surface area contributed by atoms with Gasteiger partial charge in [-0.15, -0.1) is 0 Å². The van der Waals surface area contributed by atoms with Gasteiger partial charge in [0.2, 0.25) is 0 Å². The molecule has 2 aromatic rings. The Balaban J connectivity index is 1.90. The monoisotopic (exact) mass is 300 g/mol. The number of aromatic nitrogens is 2. The Kier molecular flexibility index (Phi) is 3.96. The SMILES string of the molecule is N#Cc1cccc(-c2n[nH]c(C3CCC(N)CC3)c2Cl)c1. The predicted octanol–water partition coefficient (Wildman–Crippen LogP) is 3.59. The van der Waals surface area contributed by atoms with E-state index in [1.54, 1.807) is 6.07 Å². The number of nitrogens with zero attached hydrogens (tertiary/aromatic N) is 2. The summed E-state index contributed by atoms with van der Waals surface area (Å²) in [5.74, 6) is 0.401. The van der Waals surface area contributed by atoms with Crippen LogP contribution in [0.25, 0.3) is 11.3 Å². The first-order valence-corrected chi connectivity index (χ1v) is 7.56. The molecule has 1 saturated carbocycles. The van der Waals surface area contributed by atoms with Gasteiger partial charge in [0.05, 0.1) is 22.3 Å². The molecule has 1 aromatic carbocycles. The molecule has 0 radical (unpaired) electrons. The first-order valence-electron chi connectivity index (χ1n) is 7.19. The smallest absolute Gasteiger partial charge is 0.111 e. The lowest BCUT2D eigenvalue weighted by atomic mass is 9.84. The quantitative estimate of drug-likeness (QED) is 0.889. The minimum absolute atomic E-state index is 0.315. The van der Waals surface area contributed by atoms with Crippen LogP contribution in [0.2, 0.25) is 5.02 Å². The van der Waals surface area contributed by atoms with Gasteiger partial charge in [0.25, 0.3) is 0 Å². The van der Waals surface area contributed by atoms with Crippen LogP contribution in [0.5, 0.6) is 0 Å². The molecule has 0 amide bonds. The summed E-state index contributed by atoms with van der Waals surface area (Å²) in [5.41, 5.74) is 9.15. The van der Waals surface area contributed by atoms with Crippen molar-refractivity contribution < 1.29 is 0 Å². The molecule has 1 aromatic heterocycles. The second-order valence-electron chi connectivity index (χ2n) is 5.60. The Morgan fingerprint density at radius 1 is 1.29 bits per heavy atom. The molecule has 0 spiro atoms. The van der Waals surface area contributed by atoms with Crippen LogP contribution in [0, 0.1) is 11.3 Å². The third-order valence-corrected chi connectivity index (χ3v) is 4.56. The topological polar surface area (TPSA) is 78.5 Å². The van der Waals surface area contributed by atoms with E-state index in [0.29, 0.717) is 22.5 Å². The maximum Gasteiger partial charge on any atom is 0.111 e. The highest BCUT2D eigenvalue weighted by Crippen LogP contribution is 2.38. The molecule has 0 saturated heterocycles. The Morgan fingerprint density at radius 3 is 2.76 bits per heavy atom. The fourth-order valence-corrected chi connectivity index (χ4v) is 3.30. The summed E-state index contributed by atoms with van der Waals surface area (Å²) in [6.07, 6.45) is 4.14. The highest BCUT2D eigenvalue weighted by atomic mass is 35.5. The van der Waals surface area contributed by atoms with E-state index in [9.17, 15) is 0 Å². The Labute approximate surface area is 128 Å². The second-order valence-corrected chi connectivity index (χ2v) is 5.98. The number of benzene rings is 1. The Bertz CT molecular complexity index is 678. The molecule has 0 unspecified atom stereocenters. The van der Waals surface area contributed by atoms with Crippen LogP contribution in [-0.2, 0) is 0 Å². The third-order valence-electron chi connectivity index (χ3n) is 4.18. The fraction of sp³-hybridized carbons (Fsp3) is 0.375. The van der Waals surface area contributed by atoms with Crippen molar-refractivity contribution in [3.8, 4) is 17.3 Å². The van der Waals surface area contributed by atoms with Crippen molar-refractivity contribution >= 4 is 11.6 Å². The largest absolute Gasteiger partial charge is 0.328 e. The fourth-order valence-electron chi connectivity index (χ4n) is 2.95. The number of rotatable bonds is 2. The highest BCUT2D eigenvalue weighted by Gasteiger charge is 2.25. The van der Waals surface area contributed by atoms with Gasteiger partial charge in [0, 0.05) is 17.5 Å². The molecular weight excluding hydrogens is 284 g/mol. The van der Waals surface area contributed by atoms with Crippen LogP contribution in [0.3, 0.4) is 0 Å². The number of H-pyrrole nitrogens is 1. The van der Waals surface area contributed by atoms with Crippen molar-refractivity contribution in [2.24, 2.45) is 5.73 Å². The summed E-state index contributed by atoms with van der Waals surface area (Å²) in [7, 11) is 0. The summed E-state index contributed by atoms with van der Waals surface area (Å²) in [5, 5.41) is 17.1. The molecule has 3 rings (SSSR count). The lowest BCUT2D eigenvalue weighted by Crippen LogP contribution is -2.25. The summed E-state index contributed by atoms with van der Waals surface area (Å²) in [4.78, 5) is 0. The van der Waals surface area contributed by atoms with Gasteiger partial charge in [0.1, 0.15) is 5.69 Å². The van der Waals surface area contributed by atoms with Crippen LogP contribution < -0.4 is 5.73 Å². The number of nitrogens with two attached hydrogens (primary N) is 1. The van der Waals surface area contributed by atoms with Crippen molar-refractivity contribution in [2.75, 3.05) is 0 Å². The zero-order valence-corrected chi connectivity index (χ0v) is 12.4. The molecule has 0 aliphatic heterocycles. The molecule has 1 aliphatic carbocycles. The number of aromatic amines is 1. The van der Waals surface area contributed by atoms with Crippen molar-refractivity contribution in [2.45, 2.75) is 37.6 Å². The second kappa shape index (κ2) is 5.88. The van der Waals surface area contributed by atoms with Crippen LogP contribution in [0.15, 0.2) is 24.3 Å². The van der Waals surface area contributed by atoms with Crippen LogP contribution in [-0.4, -0.2) is 16.2 Å². The molecule has 1 aliphatic rings. The third kappa shape index (κ3) is 2.80. The molecule has 1 fully saturated rings. The van der Waals surface area contributed by atoms with E-state index in [-0.39, 0.29) is 0 Å². The van der Waals surface area contributed by atoms with Gasteiger partial charge < -0.3 is 5.73 Å². The predicted molar refractivity (Wildman–Crippen MR) is 82.9 cm³/mol. The van der Waals surface area contributed by atoms with Crippen molar-refractivity contribution in [3.63, 3.8) is 0 Å². The summed E-state index contributed by atoms with van der Waals surface area (Å²) < 4.78 is 0. The summed E-state index contributed by atoms with van der Waals surface area (Å²) in [6, 6.07) is 9.80. The Hall–Kier alpha value is -1.83. The molecule has 5 heteroatoms. The number of hydrogen-bond donors (Lipinski definition) is 2. The number of nitriles is 1. The minimum Gasteiger partial charge on any atom is -0.328 e. The van der Waals surface area contributed by atoms with E-state index in [4.69, 9.17) is 22.6 Å². The zero-order chi connectivity index (χ0) is 14.8. The van der Waals surface area contributed by atoms with Gasteiger partial charge in [-0.2, -0.15) is 10.4 Å². The van der Waals surface area contributed by atoms with E-state index in [1.807, 2.05) is 18.2 Å². The van der Waals surface area contributed by atoms with Crippen LogP contribution in [0.1, 0.15) is 42.9 Å². The lowest BCUT2D eigenvalue weighted by Gasteiger charge is -2.25. The standard InChI is InChI=1S/C16H17ClN4/c17-14-15(11-4-6-13(19)7-5-11)20-21-16(14)12-3-1-2-10(8-12)9-18/h1-3,8,11,13H,4-7,19H2,(H,20,21). The summed E-state index contributed by atoms with van der Waals surface area (Å²) in [6.45, 7) is 0. The van der Waals surface area contributed by atoms with E-state index < -0.39 is 0 Å². The maximum absolute atomic E-state index is 8.99. The molecule has 3 N–H and O–H groups in total. The number of halogens is 1. The van der Waals surface area contributed by atoms with Crippen molar-refractivity contribution in [1.29, 1.82) is 5.26 Å². The summed E-state index contributed by atoms with van der Waals surface area (Å²) >= 11 is 6.52. The van der Waals surface area contributed by atoms with Crippen LogP contribution in [0.4, 0.5) is 0 Å².